The van der Waals surface area contributed by atoms with Crippen LogP contribution in [0.1, 0.15) is 34.1 Å². The van der Waals surface area contributed by atoms with E-state index in [1.54, 1.807) is 30.3 Å². The number of aromatic hydroxyl groups is 5. The van der Waals surface area contributed by atoms with Crippen molar-refractivity contribution in [3.8, 4) is 28.7 Å². The molecule has 0 amide bonds. The van der Waals surface area contributed by atoms with Gasteiger partial charge in [0.25, 0.3) is 0 Å². The van der Waals surface area contributed by atoms with Crippen LogP contribution in [0.3, 0.4) is 0 Å². The second kappa shape index (κ2) is 9.03. The molecular formula is C29H22O7. The summed E-state index contributed by atoms with van der Waals surface area (Å²) in [6.07, 6.45) is 1.31. The minimum atomic E-state index is -0.797. The fourth-order valence-electron chi connectivity index (χ4n) is 4.61. The Bertz CT molecular complexity index is 1560. The van der Waals surface area contributed by atoms with Crippen molar-refractivity contribution >= 4 is 11.0 Å². The van der Waals surface area contributed by atoms with Gasteiger partial charge in [-0.2, -0.15) is 0 Å². The average molecular weight is 482 g/mol. The van der Waals surface area contributed by atoms with E-state index < -0.39 is 11.8 Å². The molecule has 1 heterocycles. The van der Waals surface area contributed by atoms with Crippen LogP contribution in [0.15, 0.2) is 100 Å². The van der Waals surface area contributed by atoms with Crippen molar-refractivity contribution in [1.29, 1.82) is 0 Å². The van der Waals surface area contributed by atoms with E-state index in [0.29, 0.717) is 5.56 Å². The molecule has 5 rings (SSSR count). The first kappa shape index (κ1) is 22.9. The highest BCUT2D eigenvalue weighted by Gasteiger charge is 2.33. The molecule has 0 saturated heterocycles. The SMILES string of the molecule is O=c1c([C@@H](c2ccc(O)cc2O)C(c2ccc(O)cc2)c2ccc(O)cc2)coc2cc(O)ccc12. The number of phenolic OH excluding ortho intramolecular Hbond substituents is 5. The molecule has 0 aliphatic heterocycles. The molecule has 0 aliphatic carbocycles. The van der Waals surface area contributed by atoms with Crippen LogP contribution < -0.4 is 5.43 Å². The van der Waals surface area contributed by atoms with E-state index in [-0.39, 0.29) is 50.7 Å². The zero-order valence-corrected chi connectivity index (χ0v) is 18.9. The van der Waals surface area contributed by atoms with Gasteiger partial charge in [-0.15, -0.1) is 0 Å². The molecule has 4 aromatic carbocycles. The monoisotopic (exact) mass is 482 g/mol. The van der Waals surface area contributed by atoms with Crippen molar-refractivity contribution < 1.29 is 29.9 Å². The molecule has 0 fully saturated rings. The summed E-state index contributed by atoms with van der Waals surface area (Å²) in [5.41, 5.74) is 1.91. The maximum absolute atomic E-state index is 13.8. The Labute approximate surface area is 205 Å². The normalized spacial score (nSPS) is 12.1. The summed E-state index contributed by atoms with van der Waals surface area (Å²) in [4.78, 5) is 13.8. The molecule has 0 aliphatic rings. The van der Waals surface area contributed by atoms with Gasteiger partial charge < -0.3 is 29.9 Å². The van der Waals surface area contributed by atoms with Crippen LogP contribution in [0, 0.1) is 0 Å². The molecule has 1 aromatic heterocycles. The first-order chi connectivity index (χ1) is 17.3. The minimum absolute atomic E-state index is 0.0443. The van der Waals surface area contributed by atoms with Gasteiger partial charge in [-0.3, -0.25) is 4.79 Å². The van der Waals surface area contributed by atoms with Gasteiger partial charge in [0, 0.05) is 35.1 Å². The second-order valence-corrected chi connectivity index (χ2v) is 8.58. The van der Waals surface area contributed by atoms with Crippen LogP contribution >= 0.6 is 0 Å². The first-order valence-electron chi connectivity index (χ1n) is 11.2. The van der Waals surface area contributed by atoms with Crippen molar-refractivity contribution in [2.45, 2.75) is 11.8 Å². The summed E-state index contributed by atoms with van der Waals surface area (Å²) in [7, 11) is 0. The third-order valence-electron chi connectivity index (χ3n) is 6.31. The van der Waals surface area contributed by atoms with Crippen molar-refractivity contribution in [1.82, 2.24) is 0 Å². The molecular weight excluding hydrogens is 460 g/mol. The Kier molecular flexibility index (Phi) is 5.74. The number of hydrogen-bond donors (Lipinski definition) is 5. The predicted octanol–water partition coefficient (Wildman–Crippen LogP) is 5.29. The molecule has 0 radical (unpaired) electrons. The van der Waals surface area contributed by atoms with Gasteiger partial charge in [0.05, 0.1) is 11.6 Å². The summed E-state index contributed by atoms with van der Waals surface area (Å²) in [6, 6.07) is 21.4. The van der Waals surface area contributed by atoms with Crippen LogP contribution in [0.2, 0.25) is 0 Å². The Morgan fingerprint density at radius 1 is 0.556 bits per heavy atom. The molecule has 0 bridgehead atoms. The lowest BCUT2D eigenvalue weighted by molar-refractivity contribution is 0.441. The lowest BCUT2D eigenvalue weighted by Gasteiger charge is -2.29. The molecule has 7 heteroatoms. The van der Waals surface area contributed by atoms with E-state index in [0.717, 1.165) is 11.1 Å². The summed E-state index contributed by atoms with van der Waals surface area (Å²) in [6.45, 7) is 0. The van der Waals surface area contributed by atoms with Crippen LogP contribution in [-0.2, 0) is 0 Å². The molecule has 5 aromatic rings. The molecule has 7 nitrogen and oxygen atoms in total. The lowest BCUT2D eigenvalue weighted by atomic mass is 9.73. The Morgan fingerprint density at radius 2 is 1.08 bits per heavy atom. The van der Waals surface area contributed by atoms with Gasteiger partial charge in [-0.25, -0.2) is 0 Å². The van der Waals surface area contributed by atoms with E-state index in [2.05, 4.69) is 0 Å². The van der Waals surface area contributed by atoms with E-state index in [9.17, 15) is 30.3 Å². The summed E-state index contributed by atoms with van der Waals surface area (Å²) in [5, 5.41) is 50.7. The highest BCUT2D eigenvalue weighted by Crippen LogP contribution is 2.46. The fourth-order valence-corrected chi connectivity index (χ4v) is 4.61. The zero-order valence-electron chi connectivity index (χ0n) is 18.9. The van der Waals surface area contributed by atoms with Gasteiger partial charge in [0.2, 0.25) is 0 Å². The molecule has 36 heavy (non-hydrogen) atoms. The van der Waals surface area contributed by atoms with E-state index >= 15 is 0 Å². The third-order valence-corrected chi connectivity index (χ3v) is 6.31. The summed E-state index contributed by atoms with van der Waals surface area (Å²) >= 11 is 0. The maximum atomic E-state index is 13.8. The fraction of sp³-hybridized carbons (Fsp3) is 0.0690. The van der Waals surface area contributed by atoms with Gasteiger partial charge >= 0.3 is 0 Å². The van der Waals surface area contributed by atoms with Crippen molar-refractivity contribution in [2.75, 3.05) is 0 Å². The molecule has 0 spiro atoms. The zero-order chi connectivity index (χ0) is 25.4. The topological polar surface area (TPSA) is 131 Å². The van der Waals surface area contributed by atoms with E-state index in [1.807, 2.05) is 0 Å². The van der Waals surface area contributed by atoms with E-state index in [1.165, 1.54) is 60.9 Å². The predicted molar refractivity (Wildman–Crippen MR) is 134 cm³/mol. The second-order valence-electron chi connectivity index (χ2n) is 8.58. The highest BCUT2D eigenvalue weighted by molar-refractivity contribution is 5.78. The van der Waals surface area contributed by atoms with Crippen LogP contribution in [0.25, 0.3) is 11.0 Å². The minimum Gasteiger partial charge on any atom is -0.508 e. The molecule has 0 saturated carbocycles. The Hall–Kier alpha value is -4.91. The smallest absolute Gasteiger partial charge is 0.196 e. The van der Waals surface area contributed by atoms with Crippen LogP contribution in [-0.4, -0.2) is 25.5 Å². The molecule has 0 unspecified atom stereocenters. The van der Waals surface area contributed by atoms with Gasteiger partial charge in [-0.1, -0.05) is 30.3 Å². The van der Waals surface area contributed by atoms with Gasteiger partial charge in [0.1, 0.15) is 34.3 Å². The lowest BCUT2D eigenvalue weighted by Crippen LogP contribution is -2.21. The average Bonchev–Trinajstić information content (AvgIpc) is 2.85. The molecule has 180 valence electrons. The van der Waals surface area contributed by atoms with Crippen LogP contribution in [0.5, 0.6) is 28.7 Å². The number of hydrogen-bond acceptors (Lipinski definition) is 7. The summed E-state index contributed by atoms with van der Waals surface area (Å²) < 4.78 is 5.76. The molecule has 5 N–H and O–H groups in total. The van der Waals surface area contributed by atoms with E-state index in [4.69, 9.17) is 4.42 Å². The van der Waals surface area contributed by atoms with Crippen LogP contribution in [0.4, 0.5) is 0 Å². The maximum Gasteiger partial charge on any atom is 0.196 e. The Balaban J connectivity index is 1.83. The summed E-state index contributed by atoms with van der Waals surface area (Å²) in [5.74, 6) is -1.63. The van der Waals surface area contributed by atoms with Gasteiger partial charge in [-0.05, 0) is 53.6 Å². The third kappa shape index (κ3) is 4.18. The highest BCUT2D eigenvalue weighted by atomic mass is 16.3. The van der Waals surface area contributed by atoms with Gasteiger partial charge in [0.15, 0.2) is 5.43 Å². The number of benzene rings is 4. The largest absolute Gasteiger partial charge is 0.508 e. The first-order valence-corrected chi connectivity index (χ1v) is 11.2. The van der Waals surface area contributed by atoms with Crippen molar-refractivity contribution in [3.05, 3.63) is 124 Å². The number of rotatable bonds is 5. The number of fused-ring (bicyclic) bond motifs is 1. The quantitative estimate of drug-likeness (QED) is 0.230. The number of phenols is 5. The standard InChI is InChI=1S/C29H22O7/c30-18-5-1-16(2-6-18)27(17-3-7-19(31)8-4-17)28(22-11-9-20(32)13-25(22)34)24-15-36-26-14-21(33)10-12-23(26)29(24)35/h1-15,27-28,30-34H/t28-/m1/s1. The van der Waals surface area contributed by atoms with Crippen molar-refractivity contribution in [3.63, 3.8) is 0 Å². The molecule has 1 atom stereocenters. The Morgan fingerprint density at radius 3 is 1.67 bits per heavy atom. The van der Waals surface area contributed by atoms with Crippen molar-refractivity contribution in [2.24, 2.45) is 0 Å².